The number of thioether (sulfide) groups is 1. The topological polar surface area (TPSA) is 58.6 Å². The lowest BCUT2D eigenvalue weighted by Gasteiger charge is -2.35. The SMILES string of the molecule is CC1=CSC(C2CCCOC2)N1c1cccc(NS(C)(=O)=O)c1. The zero-order chi connectivity index (χ0) is 16.4. The Balaban J connectivity index is 1.85. The van der Waals surface area contributed by atoms with Gasteiger partial charge >= 0.3 is 0 Å². The van der Waals surface area contributed by atoms with E-state index in [1.807, 2.05) is 30.0 Å². The number of nitrogens with one attached hydrogen (secondary N) is 1. The van der Waals surface area contributed by atoms with E-state index in [1.165, 1.54) is 12.0 Å². The van der Waals surface area contributed by atoms with Crippen LogP contribution >= 0.6 is 11.8 Å². The number of allylic oxidation sites excluding steroid dienone is 1. The van der Waals surface area contributed by atoms with Crippen LogP contribution in [-0.4, -0.2) is 33.3 Å². The van der Waals surface area contributed by atoms with Gasteiger partial charge in [-0.05, 0) is 43.4 Å². The predicted molar refractivity (Wildman–Crippen MR) is 96.1 cm³/mol. The summed E-state index contributed by atoms with van der Waals surface area (Å²) in [7, 11) is -3.27. The maximum absolute atomic E-state index is 11.5. The minimum atomic E-state index is -3.27. The van der Waals surface area contributed by atoms with Crippen LogP contribution in [0.3, 0.4) is 0 Å². The summed E-state index contributed by atoms with van der Waals surface area (Å²) in [5, 5.41) is 2.49. The Kier molecular flexibility index (Phi) is 4.89. The Hall–Kier alpha value is -1.18. The summed E-state index contributed by atoms with van der Waals surface area (Å²) in [5.74, 6) is 0.481. The molecule has 0 radical (unpaired) electrons. The second-order valence-electron chi connectivity index (χ2n) is 6.06. The first-order valence-corrected chi connectivity index (χ1v) is 10.5. The Morgan fingerprint density at radius 1 is 1.39 bits per heavy atom. The van der Waals surface area contributed by atoms with Gasteiger partial charge in [0.1, 0.15) is 0 Å². The van der Waals surface area contributed by atoms with Gasteiger partial charge in [0.2, 0.25) is 10.0 Å². The fourth-order valence-electron chi connectivity index (χ4n) is 3.08. The number of benzene rings is 1. The van der Waals surface area contributed by atoms with Gasteiger partial charge in [-0.3, -0.25) is 4.72 Å². The molecule has 5 nitrogen and oxygen atoms in total. The van der Waals surface area contributed by atoms with E-state index in [0.29, 0.717) is 17.0 Å². The number of nitrogens with zero attached hydrogens (tertiary/aromatic N) is 1. The van der Waals surface area contributed by atoms with Crippen LogP contribution in [0.5, 0.6) is 0 Å². The monoisotopic (exact) mass is 354 g/mol. The number of rotatable bonds is 4. The Labute approximate surface area is 142 Å². The maximum Gasteiger partial charge on any atom is 0.229 e. The Morgan fingerprint density at radius 2 is 2.22 bits per heavy atom. The molecule has 1 aromatic carbocycles. The molecule has 1 aromatic rings. The maximum atomic E-state index is 11.5. The van der Waals surface area contributed by atoms with Crippen LogP contribution in [0.2, 0.25) is 0 Å². The molecule has 0 aliphatic carbocycles. The van der Waals surface area contributed by atoms with Crippen LogP contribution in [0.4, 0.5) is 11.4 Å². The highest BCUT2D eigenvalue weighted by molar-refractivity contribution is 8.03. The fraction of sp³-hybridized carbons (Fsp3) is 0.500. The standard InChI is InChI=1S/C16H22N2O3S2/c1-12-11-22-16(13-5-4-8-21-10-13)18(12)15-7-3-6-14(9-15)17-23(2,19)20/h3,6-7,9,11,13,16-17H,4-5,8,10H2,1-2H3. The molecular formula is C16H22N2O3S2. The van der Waals surface area contributed by atoms with Gasteiger partial charge in [-0.2, -0.15) is 0 Å². The van der Waals surface area contributed by atoms with Crippen molar-refractivity contribution < 1.29 is 13.2 Å². The first-order valence-electron chi connectivity index (χ1n) is 7.71. The molecule has 2 atom stereocenters. The van der Waals surface area contributed by atoms with Crippen molar-refractivity contribution in [3.63, 3.8) is 0 Å². The van der Waals surface area contributed by atoms with Gasteiger partial charge < -0.3 is 9.64 Å². The van der Waals surface area contributed by atoms with Crippen LogP contribution in [0.1, 0.15) is 19.8 Å². The van der Waals surface area contributed by atoms with Gasteiger partial charge in [0.05, 0.1) is 23.9 Å². The molecule has 2 aliphatic rings. The molecule has 0 spiro atoms. The van der Waals surface area contributed by atoms with E-state index in [0.717, 1.165) is 31.7 Å². The summed E-state index contributed by atoms with van der Waals surface area (Å²) < 4.78 is 31.1. The van der Waals surface area contributed by atoms with E-state index >= 15 is 0 Å². The largest absolute Gasteiger partial charge is 0.381 e. The average Bonchev–Trinajstić information content (AvgIpc) is 2.88. The summed E-state index contributed by atoms with van der Waals surface area (Å²) in [6.45, 7) is 3.73. The molecular weight excluding hydrogens is 332 g/mol. The van der Waals surface area contributed by atoms with Crippen molar-refractivity contribution >= 4 is 33.2 Å². The van der Waals surface area contributed by atoms with Crippen molar-refractivity contribution in [3.05, 3.63) is 35.4 Å². The highest BCUT2D eigenvalue weighted by Gasteiger charge is 2.34. The van der Waals surface area contributed by atoms with E-state index in [9.17, 15) is 8.42 Å². The van der Waals surface area contributed by atoms with Crippen molar-refractivity contribution in [1.29, 1.82) is 0 Å². The van der Waals surface area contributed by atoms with Gasteiger partial charge in [0, 0.05) is 23.9 Å². The normalized spacial score (nSPS) is 25.3. The summed E-state index contributed by atoms with van der Waals surface area (Å²) in [4.78, 5) is 2.29. The van der Waals surface area contributed by atoms with Gasteiger partial charge in [0.15, 0.2) is 0 Å². The number of sulfonamides is 1. The molecule has 23 heavy (non-hydrogen) atoms. The van der Waals surface area contributed by atoms with Gasteiger partial charge in [-0.15, -0.1) is 11.8 Å². The highest BCUT2D eigenvalue weighted by atomic mass is 32.2. The zero-order valence-electron chi connectivity index (χ0n) is 13.4. The lowest BCUT2D eigenvalue weighted by Crippen LogP contribution is -2.38. The zero-order valence-corrected chi connectivity index (χ0v) is 15.0. The van der Waals surface area contributed by atoms with Gasteiger partial charge in [-0.25, -0.2) is 8.42 Å². The molecule has 1 N–H and O–H groups in total. The fourth-order valence-corrected chi connectivity index (χ4v) is 4.93. The summed E-state index contributed by atoms with van der Waals surface area (Å²) in [6.07, 6.45) is 3.43. The van der Waals surface area contributed by atoms with Crippen molar-refractivity contribution in [3.8, 4) is 0 Å². The lowest BCUT2D eigenvalue weighted by atomic mass is 10.0. The predicted octanol–water partition coefficient (Wildman–Crippen LogP) is 3.23. The molecule has 0 bridgehead atoms. The van der Waals surface area contributed by atoms with E-state index in [1.54, 1.807) is 6.07 Å². The summed E-state index contributed by atoms with van der Waals surface area (Å²) >= 11 is 1.82. The molecule has 0 saturated carbocycles. The summed E-state index contributed by atoms with van der Waals surface area (Å²) in [6, 6.07) is 7.56. The molecule has 3 rings (SSSR count). The minimum Gasteiger partial charge on any atom is -0.381 e. The average molecular weight is 354 g/mol. The number of hydrogen-bond donors (Lipinski definition) is 1. The minimum absolute atomic E-state index is 0.309. The van der Waals surface area contributed by atoms with Crippen LogP contribution in [0.25, 0.3) is 0 Å². The third-order valence-electron chi connectivity index (χ3n) is 4.04. The number of ether oxygens (including phenoxy) is 1. The smallest absolute Gasteiger partial charge is 0.229 e. The molecule has 126 valence electrons. The van der Waals surface area contributed by atoms with Crippen molar-refractivity contribution in [2.45, 2.75) is 25.1 Å². The second-order valence-corrected chi connectivity index (χ2v) is 8.80. The molecule has 7 heteroatoms. The van der Waals surface area contributed by atoms with E-state index in [4.69, 9.17) is 4.74 Å². The lowest BCUT2D eigenvalue weighted by molar-refractivity contribution is 0.0545. The molecule has 1 fully saturated rings. The Morgan fingerprint density at radius 3 is 2.91 bits per heavy atom. The first-order chi connectivity index (χ1) is 10.9. The van der Waals surface area contributed by atoms with Crippen LogP contribution in [0, 0.1) is 5.92 Å². The van der Waals surface area contributed by atoms with Crippen molar-refractivity contribution in [1.82, 2.24) is 0 Å². The first kappa shape index (κ1) is 16.7. The van der Waals surface area contributed by atoms with E-state index in [2.05, 4.69) is 22.0 Å². The number of hydrogen-bond acceptors (Lipinski definition) is 5. The van der Waals surface area contributed by atoms with E-state index in [-0.39, 0.29) is 0 Å². The van der Waals surface area contributed by atoms with Crippen LogP contribution < -0.4 is 9.62 Å². The Bertz CT molecular complexity index is 697. The van der Waals surface area contributed by atoms with Gasteiger partial charge in [-0.1, -0.05) is 6.07 Å². The molecule has 0 amide bonds. The highest BCUT2D eigenvalue weighted by Crippen LogP contribution is 2.41. The second kappa shape index (κ2) is 6.75. The summed E-state index contributed by atoms with van der Waals surface area (Å²) in [5.41, 5.74) is 2.78. The van der Waals surface area contributed by atoms with Crippen LogP contribution in [0.15, 0.2) is 35.4 Å². The van der Waals surface area contributed by atoms with E-state index < -0.39 is 10.0 Å². The molecule has 1 saturated heterocycles. The van der Waals surface area contributed by atoms with Gasteiger partial charge in [0.25, 0.3) is 0 Å². The third-order valence-corrected chi connectivity index (χ3v) is 6.00. The number of anilines is 2. The third kappa shape index (κ3) is 4.02. The molecule has 2 unspecified atom stereocenters. The quantitative estimate of drug-likeness (QED) is 0.900. The van der Waals surface area contributed by atoms with Crippen molar-refractivity contribution in [2.24, 2.45) is 5.92 Å². The molecule has 2 heterocycles. The molecule has 0 aromatic heterocycles. The van der Waals surface area contributed by atoms with Crippen molar-refractivity contribution in [2.75, 3.05) is 29.1 Å². The van der Waals surface area contributed by atoms with Crippen LogP contribution in [-0.2, 0) is 14.8 Å². The molecule has 2 aliphatic heterocycles.